The quantitative estimate of drug-likeness (QED) is 0.671. The minimum Gasteiger partial charge on any atom is -0.383 e. The molecule has 1 aliphatic heterocycles. The van der Waals surface area contributed by atoms with Crippen LogP contribution in [-0.4, -0.2) is 51.0 Å². The molecule has 0 aromatic rings. The zero-order valence-electron chi connectivity index (χ0n) is 9.66. The second-order valence-corrected chi connectivity index (χ2v) is 4.39. The highest BCUT2D eigenvalue weighted by molar-refractivity contribution is 4.74. The van der Waals surface area contributed by atoms with Gasteiger partial charge in [-0.2, -0.15) is 0 Å². The minimum atomic E-state index is 0.573. The van der Waals surface area contributed by atoms with Crippen LogP contribution in [0, 0.1) is 5.92 Å². The maximum atomic E-state index is 5.35. The van der Waals surface area contributed by atoms with Gasteiger partial charge in [-0.1, -0.05) is 13.8 Å². The van der Waals surface area contributed by atoms with Gasteiger partial charge in [0.05, 0.1) is 19.8 Å². The van der Waals surface area contributed by atoms with Crippen molar-refractivity contribution in [3.8, 4) is 0 Å². The Kier molecular flexibility index (Phi) is 5.45. The zero-order valence-corrected chi connectivity index (χ0v) is 9.66. The van der Waals surface area contributed by atoms with Gasteiger partial charge >= 0.3 is 0 Å². The third-order valence-electron chi connectivity index (χ3n) is 2.66. The van der Waals surface area contributed by atoms with Gasteiger partial charge in [-0.3, -0.25) is 4.90 Å². The van der Waals surface area contributed by atoms with Gasteiger partial charge in [-0.15, -0.1) is 0 Å². The van der Waals surface area contributed by atoms with E-state index >= 15 is 0 Å². The predicted octanol–water partition coefficient (Wildman–Crippen LogP) is 1.38. The van der Waals surface area contributed by atoms with Gasteiger partial charge in [-0.25, -0.2) is 0 Å². The molecule has 0 N–H and O–H groups in total. The van der Waals surface area contributed by atoms with Crippen molar-refractivity contribution >= 4 is 0 Å². The molecule has 0 aromatic heterocycles. The molecule has 1 atom stereocenters. The van der Waals surface area contributed by atoms with Crippen LogP contribution in [0.15, 0.2) is 0 Å². The molecule has 0 bridgehead atoms. The molecule has 1 heterocycles. The van der Waals surface area contributed by atoms with E-state index in [9.17, 15) is 0 Å². The van der Waals surface area contributed by atoms with Crippen molar-refractivity contribution < 1.29 is 9.47 Å². The van der Waals surface area contributed by atoms with Crippen LogP contribution < -0.4 is 0 Å². The molecule has 0 amide bonds. The van der Waals surface area contributed by atoms with E-state index < -0.39 is 0 Å². The van der Waals surface area contributed by atoms with Gasteiger partial charge in [0.25, 0.3) is 0 Å². The number of hydrogen-bond donors (Lipinski definition) is 0. The van der Waals surface area contributed by atoms with E-state index in [2.05, 4.69) is 18.7 Å². The fraction of sp³-hybridized carbons (Fsp3) is 1.00. The Bertz CT molecular complexity index is 144. The van der Waals surface area contributed by atoms with E-state index in [1.165, 1.54) is 6.42 Å². The molecule has 1 rings (SSSR count). The highest BCUT2D eigenvalue weighted by atomic mass is 16.5. The molecule has 14 heavy (non-hydrogen) atoms. The maximum absolute atomic E-state index is 5.35. The Morgan fingerprint density at radius 3 is 2.43 bits per heavy atom. The molecule has 0 spiro atoms. The highest BCUT2D eigenvalue weighted by Gasteiger charge is 2.21. The minimum absolute atomic E-state index is 0.573. The van der Waals surface area contributed by atoms with E-state index in [-0.39, 0.29) is 0 Å². The summed E-state index contributed by atoms with van der Waals surface area (Å²) in [5.74, 6) is 0.734. The van der Waals surface area contributed by atoms with Gasteiger partial charge in [0, 0.05) is 26.2 Å². The molecule has 0 aromatic carbocycles. The van der Waals surface area contributed by atoms with Crippen LogP contribution >= 0.6 is 0 Å². The first-order valence-corrected chi connectivity index (χ1v) is 5.54. The van der Waals surface area contributed by atoms with Gasteiger partial charge < -0.3 is 9.47 Å². The van der Waals surface area contributed by atoms with E-state index in [0.29, 0.717) is 6.04 Å². The summed E-state index contributed by atoms with van der Waals surface area (Å²) in [6.45, 7) is 9.24. The van der Waals surface area contributed by atoms with Crippen molar-refractivity contribution in [3.05, 3.63) is 0 Å². The summed E-state index contributed by atoms with van der Waals surface area (Å²) in [4.78, 5) is 2.49. The standard InChI is InChI=1S/C11H23NO2/c1-10(2)8-11(9-13-3)12-4-6-14-7-5-12/h10-11H,4-9H2,1-3H3. The molecule has 3 heteroatoms. The highest BCUT2D eigenvalue weighted by Crippen LogP contribution is 2.13. The van der Waals surface area contributed by atoms with E-state index in [4.69, 9.17) is 9.47 Å². The monoisotopic (exact) mass is 201 g/mol. The lowest BCUT2D eigenvalue weighted by molar-refractivity contribution is -0.00835. The maximum Gasteiger partial charge on any atom is 0.0618 e. The molecule has 1 saturated heterocycles. The third-order valence-corrected chi connectivity index (χ3v) is 2.66. The summed E-state index contributed by atoms with van der Waals surface area (Å²) in [5.41, 5.74) is 0. The predicted molar refractivity (Wildman–Crippen MR) is 57.5 cm³/mol. The molecule has 0 saturated carbocycles. The molecular formula is C11H23NO2. The van der Waals surface area contributed by atoms with Crippen LogP contribution in [0.25, 0.3) is 0 Å². The van der Waals surface area contributed by atoms with Crippen molar-refractivity contribution in [2.45, 2.75) is 26.3 Å². The molecule has 1 fully saturated rings. The fourth-order valence-electron chi connectivity index (χ4n) is 2.00. The van der Waals surface area contributed by atoms with Crippen molar-refractivity contribution in [2.24, 2.45) is 5.92 Å². The molecule has 1 unspecified atom stereocenters. The SMILES string of the molecule is COCC(CC(C)C)N1CCOCC1. The average molecular weight is 201 g/mol. The van der Waals surface area contributed by atoms with Crippen LogP contribution in [0.1, 0.15) is 20.3 Å². The average Bonchev–Trinajstić information content (AvgIpc) is 2.18. The summed E-state index contributed by atoms with van der Waals surface area (Å²) in [6, 6.07) is 0.573. The Morgan fingerprint density at radius 2 is 1.93 bits per heavy atom. The largest absolute Gasteiger partial charge is 0.383 e. The lowest BCUT2D eigenvalue weighted by Gasteiger charge is -2.35. The van der Waals surface area contributed by atoms with E-state index in [0.717, 1.165) is 38.8 Å². The van der Waals surface area contributed by atoms with Gasteiger partial charge in [0.2, 0.25) is 0 Å². The number of methoxy groups -OCH3 is 1. The number of morpholine rings is 1. The summed E-state index contributed by atoms with van der Waals surface area (Å²) in [7, 11) is 1.79. The Hall–Kier alpha value is -0.120. The van der Waals surface area contributed by atoms with E-state index in [1.807, 2.05) is 0 Å². The number of hydrogen-bond acceptors (Lipinski definition) is 3. The third kappa shape index (κ3) is 3.95. The molecule has 0 radical (unpaired) electrons. The van der Waals surface area contributed by atoms with Crippen LogP contribution in [0.5, 0.6) is 0 Å². The zero-order chi connectivity index (χ0) is 10.4. The van der Waals surface area contributed by atoms with Crippen molar-refractivity contribution in [3.63, 3.8) is 0 Å². The first-order valence-electron chi connectivity index (χ1n) is 5.54. The fourth-order valence-corrected chi connectivity index (χ4v) is 2.00. The number of ether oxygens (including phenoxy) is 2. The second kappa shape index (κ2) is 6.38. The number of rotatable bonds is 5. The molecule has 3 nitrogen and oxygen atoms in total. The van der Waals surface area contributed by atoms with E-state index in [1.54, 1.807) is 7.11 Å². The molecular weight excluding hydrogens is 178 g/mol. The van der Waals surface area contributed by atoms with Crippen molar-refractivity contribution in [1.29, 1.82) is 0 Å². The van der Waals surface area contributed by atoms with Crippen molar-refractivity contribution in [2.75, 3.05) is 40.0 Å². The van der Waals surface area contributed by atoms with Crippen LogP contribution in [-0.2, 0) is 9.47 Å². The smallest absolute Gasteiger partial charge is 0.0618 e. The Labute approximate surface area is 87.4 Å². The molecule has 1 aliphatic rings. The van der Waals surface area contributed by atoms with Crippen molar-refractivity contribution in [1.82, 2.24) is 4.90 Å². The number of nitrogens with zero attached hydrogens (tertiary/aromatic N) is 1. The van der Waals surface area contributed by atoms with Gasteiger partial charge in [0.1, 0.15) is 0 Å². The summed E-state index contributed by atoms with van der Waals surface area (Å²) in [6.07, 6.45) is 1.22. The van der Waals surface area contributed by atoms with Crippen LogP contribution in [0.4, 0.5) is 0 Å². The molecule has 84 valence electrons. The van der Waals surface area contributed by atoms with Crippen LogP contribution in [0.3, 0.4) is 0 Å². The summed E-state index contributed by atoms with van der Waals surface area (Å²) >= 11 is 0. The molecule has 0 aliphatic carbocycles. The van der Waals surface area contributed by atoms with Gasteiger partial charge in [-0.05, 0) is 12.3 Å². The Balaban J connectivity index is 2.38. The van der Waals surface area contributed by atoms with Gasteiger partial charge in [0.15, 0.2) is 0 Å². The lowest BCUT2D eigenvalue weighted by Crippen LogP contribution is -2.46. The summed E-state index contributed by atoms with van der Waals surface area (Å²) < 4.78 is 10.6. The second-order valence-electron chi connectivity index (χ2n) is 4.39. The summed E-state index contributed by atoms with van der Waals surface area (Å²) in [5, 5.41) is 0. The first-order chi connectivity index (χ1) is 6.74. The lowest BCUT2D eigenvalue weighted by atomic mass is 10.0. The first kappa shape index (κ1) is 12.0. The topological polar surface area (TPSA) is 21.7 Å². The van der Waals surface area contributed by atoms with Crippen LogP contribution in [0.2, 0.25) is 0 Å². The Morgan fingerprint density at radius 1 is 1.29 bits per heavy atom. The normalized spacial score (nSPS) is 21.4.